The van der Waals surface area contributed by atoms with E-state index < -0.39 is 0 Å². The van der Waals surface area contributed by atoms with E-state index in [-0.39, 0.29) is 0 Å². The van der Waals surface area contributed by atoms with Gasteiger partial charge in [-0.15, -0.1) is 5.10 Å². The topological polar surface area (TPSA) is 52.8 Å². The van der Waals surface area contributed by atoms with Crippen LogP contribution in [-0.4, -0.2) is 27.3 Å². The number of methoxy groups -OCH3 is 1. The van der Waals surface area contributed by atoms with Gasteiger partial charge in [0, 0.05) is 6.42 Å². The number of aryl methyl sites for hydroxylation is 1. The van der Waals surface area contributed by atoms with E-state index in [0.717, 1.165) is 30.1 Å². The van der Waals surface area contributed by atoms with E-state index in [1.165, 1.54) is 0 Å². The van der Waals surface area contributed by atoms with Crippen molar-refractivity contribution in [2.75, 3.05) is 7.11 Å². The van der Waals surface area contributed by atoms with Gasteiger partial charge >= 0.3 is 0 Å². The minimum absolute atomic E-state index is 0.828. The van der Waals surface area contributed by atoms with Crippen LogP contribution in [0.15, 0.2) is 24.3 Å². The van der Waals surface area contributed by atoms with E-state index in [9.17, 15) is 0 Å². The molecule has 1 aromatic carbocycles. The lowest BCUT2D eigenvalue weighted by Gasteiger charge is -2.04. The molecule has 0 saturated heterocycles. The Morgan fingerprint density at radius 3 is 2.62 bits per heavy atom. The molecule has 0 saturated carbocycles. The van der Waals surface area contributed by atoms with Crippen molar-refractivity contribution in [3.8, 4) is 11.4 Å². The van der Waals surface area contributed by atoms with E-state index in [2.05, 4.69) is 22.4 Å². The zero-order valence-electron chi connectivity index (χ0n) is 9.42. The third kappa shape index (κ3) is 2.03. The van der Waals surface area contributed by atoms with Gasteiger partial charge in [-0.2, -0.15) is 4.68 Å². The molecule has 0 atom stereocenters. The SMILES string of the molecule is CCCc1nnnn1-c1ccc(OC)cc1. The van der Waals surface area contributed by atoms with Crippen LogP contribution in [0.2, 0.25) is 0 Å². The first-order valence-corrected chi connectivity index (χ1v) is 5.27. The van der Waals surface area contributed by atoms with E-state index in [1.807, 2.05) is 24.3 Å². The molecule has 2 rings (SSSR count). The van der Waals surface area contributed by atoms with E-state index in [0.29, 0.717) is 0 Å². The second-order valence-corrected chi connectivity index (χ2v) is 3.45. The van der Waals surface area contributed by atoms with Crippen molar-refractivity contribution in [2.24, 2.45) is 0 Å². The monoisotopic (exact) mass is 218 g/mol. The highest BCUT2D eigenvalue weighted by atomic mass is 16.5. The van der Waals surface area contributed by atoms with Crippen LogP contribution >= 0.6 is 0 Å². The average molecular weight is 218 g/mol. The second kappa shape index (κ2) is 4.74. The van der Waals surface area contributed by atoms with Gasteiger partial charge in [0.15, 0.2) is 5.82 Å². The van der Waals surface area contributed by atoms with Gasteiger partial charge in [-0.1, -0.05) is 6.92 Å². The standard InChI is InChI=1S/C11H14N4O/c1-3-4-11-12-13-14-15(11)9-5-7-10(16-2)8-6-9/h5-8H,3-4H2,1-2H3. The normalized spacial score (nSPS) is 10.4. The van der Waals surface area contributed by atoms with Crippen molar-refractivity contribution < 1.29 is 4.74 Å². The molecule has 0 radical (unpaired) electrons. The fraction of sp³-hybridized carbons (Fsp3) is 0.364. The second-order valence-electron chi connectivity index (χ2n) is 3.45. The highest BCUT2D eigenvalue weighted by Gasteiger charge is 2.06. The van der Waals surface area contributed by atoms with Crippen molar-refractivity contribution in [1.82, 2.24) is 20.2 Å². The van der Waals surface area contributed by atoms with E-state index >= 15 is 0 Å². The maximum Gasteiger partial charge on any atom is 0.156 e. The molecular weight excluding hydrogens is 204 g/mol. The van der Waals surface area contributed by atoms with Crippen LogP contribution in [0.1, 0.15) is 19.2 Å². The maximum atomic E-state index is 5.10. The van der Waals surface area contributed by atoms with Crippen LogP contribution in [0.4, 0.5) is 0 Å². The lowest BCUT2D eigenvalue weighted by Crippen LogP contribution is -2.02. The van der Waals surface area contributed by atoms with Gasteiger partial charge < -0.3 is 4.74 Å². The van der Waals surface area contributed by atoms with Crippen LogP contribution in [0.25, 0.3) is 5.69 Å². The fourth-order valence-corrected chi connectivity index (χ4v) is 1.51. The first-order chi connectivity index (χ1) is 7.85. The molecule has 0 unspecified atom stereocenters. The van der Waals surface area contributed by atoms with Crippen LogP contribution in [0.5, 0.6) is 5.75 Å². The third-order valence-corrected chi connectivity index (χ3v) is 2.32. The van der Waals surface area contributed by atoms with Crippen molar-refractivity contribution >= 4 is 0 Å². The number of ether oxygens (including phenoxy) is 1. The molecule has 0 bridgehead atoms. The Bertz CT molecular complexity index is 449. The molecule has 5 heteroatoms. The molecule has 0 aliphatic carbocycles. The van der Waals surface area contributed by atoms with Crippen LogP contribution in [0, 0.1) is 0 Å². The van der Waals surface area contributed by atoms with Crippen LogP contribution in [0.3, 0.4) is 0 Å². The zero-order valence-corrected chi connectivity index (χ0v) is 9.42. The summed E-state index contributed by atoms with van der Waals surface area (Å²) < 4.78 is 6.86. The lowest BCUT2D eigenvalue weighted by atomic mass is 10.3. The molecule has 0 spiro atoms. The van der Waals surface area contributed by atoms with Crippen molar-refractivity contribution in [1.29, 1.82) is 0 Å². The summed E-state index contributed by atoms with van der Waals surface area (Å²) in [6, 6.07) is 7.67. The predicted octanol–water partition coefficient (Wildman–Crippen LogP) is 1.62. The first-order valence-electron chi connectivity index (χ1n) is 5.27. The van der Waals surface area contributed by atoms with Crippen molar-refractivity contribution in [3.05, 3.63) is 30.1 Å². The number of hydrogen-bond acceptors (Lipinski definition) is 4. The number of hydrogen-bond donors (Lipinski definition) is 0. The Kier molecular flexibility index (Phi) is 3.14. The molecule has 0 amide bonds. The minimum atomic E-state index is 0.828. The van der Waals surface area contributed by atoms with Crippen molar-refractivity contribution in [3.63, 3.8) is 0 Å². The summed E-state index contributed by atoms with van der Waals surface area (Å²) >= 11 is 0. The van der Waals surface area contributed by atoms with Gasteiger partial charge in [0.25, 0.3) is 0 Å². The largest absolute Gasteiger partial charge is 0.497 e. The molecule has 84 valence electrons. The van der Waals surface area contributed by atoms with E-state index in [4.69, 9.17) is 4.74 Å². The Morgan fingerprint density at radius 2 is 2.00 bits per heavy atom. The Labute approximate surface area is 94.0 Å². The van der Waals surface area contributed by atoms with Gasteiger partial charge in [-0.3, -0.25) is 0 Å². The fourth-order valence-electron chi connectivity index (χ4n) is 1.51. The number of tetrazole rings is 1. The van der Waals surface area contributed by atoms with Crippen molar-refractivity contribution in [2.45, 2.75) is 19.8 Å². The summed E-state index contributed by atoms with van der Waals surface area (Å²) in [7, 11) is 1.65. The minimum Gasteiger partial charge on any atom is -0.497 e. The van der Waals surface area contributed by atoms with Crippen LogP contribution in [-0.2, 0) is 6.42 Å². The van der Waals surface area contributed by atoms with Gasteiger partial charge in [-0.25, -0.2) is 0 Å². The number of rotatable bonds is 4. The number of aromatic nitrogens is 4. The lowest BCUT2D eigenvalue weighted by molar-refractivity contribution is 0.414. The third-order valence-electron chi connectivity index (χ3n) is 2.32. The summed E-state index contributed by atoms with van der Waals surface area (Å²) in [5.74, 6) is 1.71. The van der Waals surface area contributed by atoms with Gasteiger partial charge in [0.1, 0.15) is 5.75 Å². The summed E-state index contributed by atoms with van der Waals surface area (Å²) in [6.45, 7) is 2.10. The molecule has 1 heterocycles. The van der Waals surface area contributed by atoms with Crippen LogP contribution < -0.4 is 4.74 Å². The first kappa shape index (κ1) is 10.6. The molecule has 0 fully saturated rings. The van der Waals surface area contributed by atoms with Gasteiger partial charge in [0.05, 0.1) is 12.8 Å². The van der Waals surface area contributed by atoms with E-state index in [1.54, 1.807) is 11.8 Å². The summed E-state index contributed by atoms with van der Waals surface area (Å²) in [5.41, 5.74) is 0.953. The molecular formula is C11H14N4O. The van der Waals surface area contributed by atoms with Gasteiger partial charge in [-0.05, 0) is 41.1 Å². The molecule has 0 aliphatic rings. The molecule has 1 aromatic heterocycles. The Balaban J connectivity index is 2.31. The smallest absolute Gasteiger partial charge is 0.156 e. The maximum absolute atomic E-state index is 5.10. The highest BCUT2D eigenvalue weighted by molar-refractivity contribution is 5.36. The predicted molar refractivity (Wildman–Crippen MR) is 59.7 cm³/mol. The summed E-state index contributed by atoms with van der Waals surface area (Å²) in [6.07, 6.45) is 1.90. The Morgan fingerprint density at radius 1 is 1.25 bits per heavy atom. The number of benzene rings is 1. The molecule has 0 aliphatic heterocycles. The van der Waals surface area contributed by atoms with Gasteiger partial charge in [0.2, 0.25) is 0 Å². The highest BCUT2D eigenvalue weighted by Crippen LogP contribution is 2.15. The average Bonchev–Trinajstić information content (AvgIpc) is 2.78. The molecule has 2 aromatic rings. The molecule has 5 nitrogen and oxygen atoms in total. The molecule has 0 N–H and O–H groups in total. The number of nitrogens with zero attached hydrogens (tertiary/aromatic N) is 4. The quantitative estimate of drug-likeness (QED) is 0.782. The molecule has 16 heavy (non-hydrogen) atoms. The summed E-state index contributed by atoms with van der Waals surface area (Å²) in [5, 5.41) is 11.7. The zero-order chi connectivity index (χ0) is 11.4. The summed E-state index contributed by atoms with van der Waals surface area (Å²) in [4.78, 5) is 0. The Hall–Kier alpha value is -1.91.